The molecule has 2 aromatic carbocycles. The highest BCUT2D eigenvalue weighted by molar-refractivity contribution is 6.35. The van der Waals surface area contributed by atoms with Crippen molar-refractivity contribution in [2.75, 3.05) is 7.05 Å². The summed E-state index contributed by atoms with van der Waals surface area (Å²) in [6.45, 7) is 2.35. The van der Waals surface area contributed by atoms with Gasteiger partial charge in [0.1, 0.15) is 0 Å². The van der Waals surface area contributed by atoms with Gasteiger partial charge in [-0.3, -0.25) is 0 Å². The molecule has 0 fully saturated rings. The predicted molar refractivity (Wildman–Crippen MR) is 82.9 cm³/mol. The lowest BCUT2D eigenvalue weighted by molar-refractivity contribution is 0.428. The van der Waals surface area contributed by atoms with Crippen LogP contribution < -0.4 is 5.32 Å². The molecule has 3 rings (SSSR count). The summed E-state index contributed by atoms with van der Waals surface area (Å²) in [5.74, 6) is 0.752. The number of benzene rings is 2. The normalized spacial score (nSPS) is 23.1. The number of rotatable bonds is 1. The van der Waals surface area contributed by atoms with Crippen molar-refractivity contribution < 1.29 is 0 Å². The van der Waals surface area contributed by atoms with Gasteiger partial charge in [-0.15, -0.1) is 0 Å². The molecule has 0 spiro atoms. The van der Waals surface area contributed by atoms with E-state index in [1.54, 1.807) is 0 Å². The lowest BCUT2D eigenvalue weighted by Crippen LogP contribution is -2.18. The van der Waals surface area contributed by atoms with E-state index in [1.807, 2.05) is 0 Å². The molecule has 100 valence electrons. The quantitative estimate of drug-likeness (QED) is 0.741. The maximum Gasteiger partial charge on any atom is 0.0487 e. The Balaban J connectivity index is 2.26. The van der Waals surface area contributed by atoms with Crippen molar-refractivity contribution >= 4 is 22.4 Å². The average molecular weight is 274 g/mol. The summed E-state index contributed by atoms with van der Waals surface area (Å²) in [6, 6.07) is 11.1. The van der Waals surface area contributed by atoms with Crippen LogP contribution in [0.1, 0.15) is 36.9 Å². The van der Waals surface area contributed by atoms with Gasteiger partial charge in [0.15, 0.2) is 0 Å². The fourth-order valence-electron chi connectivity index (χ4n) is 3.31. The molecule has 0 saturated heterocycles. The second-order valence-electron chi connectivity index (χ2n) is 5.69. The summed E-state index contributed by atoms with van der Waals surface area (Å²) >= 11 is 6.48. The molecule has 1 nitrogen and oxygen atoms in total. The molecule has 0 radical (unpaired) electrons. The lowest BCUT2D eigenvalue weighted by atomic mass is 9.93. The standard InChI is InChI=1S/C17H20ClN/c1-11-7-8-13-12-5-3-4-6-14(12)16(18)10-15(13)17(9-11)19-2/h3-6,10-11,17,19H,7-9H2,1-2H3. The van der Waals surface area contributed by atoms with Gasteiger partial charge in [-0.1, -0.05) is 42.8 Å². The molecule has 0 aliphatic heterocycles. The first kappa shape index (κ1) is 13.0. The van der Waals surface area contributed by atoms with Gasteiger partial charge in [-0.2, -0.15) is 0 Å². The van der Waals surface area contributed by atoms with Gasteiger partial charge >= 0.3 is 0 Å². The molecular weight excluding hydrogens is 254 g/mol. The molecule has 19 heavy (non-hydrogen) atoms. The number of hydrogen-bond acceptors (Lipinski definition) is 1. The van der Waals surface area contributed by atoms with Crippen molar-refractivity contribution in [1.82, 2.24) is 5.32 Å². The minimum Gasteiger partial charge on any atom is -0.313 e. The molecule has 2 unspecified atom stereocenters. The van der Waals surface area contributed by atoms with E-state index in [0.29, 0.717) is 6.04 Å². The maximum absolute atomic E-state index is 6.48. The highest BCUT2D eigenvalue weighted by atomic mass is 35.5. The Bertz CT molecular complexity index is 605. The molecule has 0 bridgehead atoms. The number of hydrogen-bond donors (Lipinski definition) is 1. The Hall–Kier alpha value is -1.05. The molecule has 0 saturated carbocycles. The van der Waals surface area contributed by atoms with Gasteiger partial charge in [0.25, 0.3) is 0 Å². The molecule has 0 aromatic heterocycles. The van der Waals surface area contributed by atoms with Crippen LogP contribution in [0.15, 0.2) is 30.3 Å². The van der Waals surface area contributed by atoms with E-state index in [4.69, 9.17) is 11.6 Å². The van der Waals surface area contributed by atoms with Crippen molar-refractivity contribution in [3.8, 4) is 0 Å². The van der Waals surface area contributed by atoms with E-state index < -0.39 is 0 Å². The summed E-state index contributed by atoms with van der Waals surface area (Å²) in [7, 11) is 2.05. The Kier molecular flexibility index (Phi) is 3.51. The first-order valence-electron chi connectivity index (χ1n) is 7.08. The molecule has 2 atom stereocenters. The van der Waals surface area contributed by atoms with Crippen LogP contribution in [0.25, 0.3) is 10.8 Å². The molecule has 0 amide bonds. The number of aryl methyl sites for hydroxylation is 1. The minimum absolute atomic E-state index is 0.426. The van der Waals surface area contributed by atoms with Crippen molar-refractivity contribution in [3.05, 3.63) is 46.5 Å². The van der Waals surface area contributed by atoms with E-state index in [0.717, 1.165) is 17.4 Å². The summed E-state index contributed by atoms with van der Waals surface area (Å²) < 4.78 is 0. The van der Waals surface area contributed by atoms with Crippen molar-refractivity contribution in [1.29, 1.82) is 0 Å². The van der Waals surface area contributed by atoms with Crippen molar-refractivity contribution in [3.63, 3.8) is 0 Å². The molecule has 1 aliphatic carbocycles. The van der Waals surface area contributed by atoms with E-state index in [2.05, 4.69) is 49.6 Å². The largest absolute Gasteiger partial charge is 0.313 e. The van der Waals surface area contributed by atoms with Crippen LogP contribution in [0.2, 0.25) is 5.02 Å². The van der Waals surface area contributed by atoms with Gasteiger partial charge < -0.3 is 5.32 Å². The van der Waals surface area contributed by atoms with E-state index in [-0.39, 0.29) is 0 Å². The van der Waals surface area contributed by atoms with Gasteiger partial charge in [-0.25, -0.2) is 0 Å². The Morgan fingerprint density at radius 1 is 1.21 bits per heavy atom. The first-order chi connectivity index (χ1) is 9.20. The highest BCUT2D eigenvalue weighted by Gasteiger charge is 2.23. The zero-order chi connectivity index (χ0) is 13.4. The Morgan fingerprint density at radius 2 is 1.95 bits per heavy atom. The maximum atomic E-state index is 6.48. The van der Waals surface area contributed by atoms with Gasteiger partial charge in [0, 0.05) is 16.5 Å². The second-order valence-corrected chi connectivity index (χ2v) is 6.10. The molecule has 1 N–H and O–H groups in total. The Labute approximate surface area is 120 Å². The highest BCUT2D eigenvalue weighted by Crippen LogP contribution is 2.38. The summed E-state index contributed by atoms with van der Waals surface area (Å²) in [5.41, 5.74) is 2.89. The van der Waals surface area contributed by atoms with Crippen molar-refractivity contribution in [2.45, 2.75) is 32.2 Å². The molecular formula is C17H20ClN. The summed E-state index contributed by atoms with van der Waals surface area (Å²) in [6.07, 6.45) is 3.61. The van der Waals surface area contributed by atoms with Crippen LogP contribution in [0, 0.1) is 5.92 Å². The molecule has 2 heteroatoms. The summed E-state index contributed by atoms with van der Waals surface area (Å²) in [4.78, 5) is 0. The van der Waals surface area contributed by atoms with Crippen LogP contribution in [-0.2, 0) is 6.42 Å². The number of halogens is 1. The Morgan fingerprint density at radius 3 is 2.68 bits per heavy atom. The second kappa shape index (κ2) is 5.15. The summed E-state index contributed by atoms with van der Waals surface area (Å²) in [5, 5.41) is 6.86. The first-order valence-corrected chi connectivity index (χ1v) is 7.45. The van der Waals surface area contributed by atoms with Crippen LogP contribution >= 0.6 is 11.6 Å². The van der Waals surface area contributed by atoms with Gasteiger partial charge in [0.2, 0.25) is 0 Å². The fraction of sp³-hybridized carbons (Fsp3) is 0.412. The third kappa shape index (κ3) is 2.26. The van der Waals surface area contributed by atoms with Crippen LogP contribution in [-0.4, -0.2) is 7.05 Å². The van der Waals surface area contributed by atoms with E-state index in [1.165, 1.54) is 34.7 Å². The number of nitrogens with one attached hydrogen (secondary N) is 1. The van der Waals surface area contributed by atoms with Crippen LogP contribution in [0.5, 0.6) is 0 Å². The third-order valence-electron chi connectivity index (χ3n) is 4.39. The van der Waals surface area contributed by atoms with Crippen LogP contribution in [0.3, 0.4) is 0 Å². The van der Waals surface area contributed by atoms with Crippen LogP contribution in [0.4, 0.5) is 0 Å². The SMILES string of the molecule is CNC1CC(C)CCc2c1cc(Cl)c1ccccc21. The van der Waals surface area contributed by atoms with Gasteiger partial charge in [0.05, 0.1) is 0 Å². The number of fused-ring (bicyclic) bond motifs is 3. The molecule has 1 aliphatic rings. The predicted octanol–water partition coefficient (Wildman–Crippen LogP) is 4.73. The smallest absolute Gasteiger partial charge is 0.0487 e. The lowest BCUT2D eigenvalue weighted by Gasteiger charge is -2.20. The average Bonchev–Trinajstić information content (AvgIpc) is 2.59. The van der Waals surface area contributed by atoms with Crippen molar-refractivity contribution in [2.24, 2.45) is 5.92 Å². The zero-order valence-electron chi connectivity index (χ0n) is 11.5. The zero-order valence-corrected chi connectivity index (χ0v) is 12.3. The topological polar surface area (TPSA) is 12.0 Å². The van der Waals surface area contributed by atoms with E-state index >= 15 is 0 Å². The minimum atomic E-state index is 0.426. The monoisotopic (exact) mass is 273 g/mol. The fourth-order valence-corrected chi connectivity index (χ4v) is 3.59. The third-order valence-corrected chi connectivity index (χ3v) is 4.70. The van der Waals surface area contributed by atoms with Gasteiger partial charge in [-0.05, 0) is 54.8 Å². The van der Waals surface area contributed by atoms with E-state index in [9.17, 15) is 0 Å². The molecule has 2 aromatic rings. The molecule has 0 heterocycles.